The van der Waals surface area contributed by atoms with E-state index in [1.165, 1.54) is 10.7 Å². The number of sulfonamides is 1. The van der Waals surface area contributed by atoms with Crippen molar-refractivity contribution < 1.29 is 13.2 Å². The summed E-state index contributed by atoms with van der Waals surface area (Å²) >= 11 is 0. The lowest BCUT2D eigenvalue weighted by molar-refractivity contribution is -0.120. The monoisotopic (exact) mass is 414 g/mol. The molecule has 0 unspecified atom stereocenters. The van der Waals surface area contributed by atoms with Crippen LogP contribution in [0.15, 0.2) is 47.4 Å². The highest BCUT2D eigenvalue weighted by Gasteiger charge is 2.28. The fourth-order valence-corrected chi connectivity index (χ4v) is 5.10. The normalized spacial score (nSPS) is 15.1. The molecule has 0 heterocycles. The first-order valence-electron chi connectivity index (χ1n) is 10.2. The van der Waals surface area contributed by atoms with Gasteiger partial charge >= 0.3 is 0 Å². The number of rotatable bonds is 6. The Bertz CT molecular complexity index is 962. The molecule has 29 heavy (non-hydrogen) atoms. The summed E-state index contributed by atoms with van der Waals surface area (Å²) in [4.78, 5) is 12.9. The van der Waals surface area contributed by atoms with E-state index in [2.05, 4.69) is 5.32 Å². The van der Waals surface area contributed by atoms with Crippen molar-refractivity contribution in [2.24, 2.45) is 0 Å². The molecule has 0 aliphatic heterocycles. The van der Waals surface area contributed by atoms with Crippen molar-refractivity contribution in [2.45, 2.75) is 63.8 Å². The molecule has 0 bridgehead atoms. The molecule has 5 nitrogen and oxygen atoms in total. The van der Waals surface area contributed by atoms with Gasteiger partial charge in [-0.05, 0) is 69.0 Å². The van der Waals surface area contributed by atoms with Crippen LogP contribution < -0.4 is 9.62 Å². The Morgan fingerprint density at radius 3 is 2.24 bits per heavy atom. The van der Waals surface area contributed by atoms with Crippen LogP contribution in [0, 0.1) is 20.8 Å². The number of amides is 1. The van der Waals surface area contributed by atoms with Gasteiger partial charge in [-0.3, -0.25) is 9.10 Å². The van der Waals surface area contributed by atoms with E-state index in [4.69, 9.17) is 0 Å². The highest BCUT2D eigenvalue weighted by Crippen LogP contribution is 2.26. The zero-order valence-electron chi connectivity index (χ0n) is 17.4. The maximum absolute atomic E-state index is 13.4. The Balaban J connectivity index is 1.91. The molecular weight excluding hydrogens is 384 g/mol. The van der Waals surface area contributed by atoms with Gasteiger partial charge in [0.1, 0.15) is 6.54 Å². The largest absolute Gasteiger partial charge is 0.352 e. The number of aryl methyl sites for hydroxylation is 3. The molecule has 6 heteroatoms. The van der Waals surface area contributed by atoms with Crippen LogP contribution >= 0.6 is 0 Å². The molecule has 0 spiro atoms. The fourth-order valence-electron chi connectivity index (χ4n) is 3.68. The number of carbonyl (C=O) groups excluding carboxylic acids is 1. The van der Waals surface area contributed by atoms with Gasteiger partial charge in [0.15, 0.2) is 0 Å². The van der Waals surface area contributed by atoms with Crippen LogP contribution in [0.3, 0.4) is 0 Å². The van der Waals surface area contributed by atoms with Crippen LogP contribution in [-0.4, -0.2) is 26.9 Å². The van der Waals surface area contributed by atoms with Crippen LogP contribution in [0.1, 0.15) is 48.8 Å². The quantitative estimate of drug-likeness (QED) is 0.768. The van der Waals surface area contributed by atoms with E-state index in [1.807, 2.05) is 32.9 Å². The standard InChI is InChI=1S/C23H30N2O3S/c1-17-9-13-22(14-10-17)29(27,28)25(21-12-11-18(2)19(3)15-21)16-23(26)24-20-7-5-4-6-8-20/h9-15,20H,4-8,16H2,1-3H3,(H,24,26). The summed E-state index contributed by atoms with van der Waals surface area (Å²) in [5, 5.41) is 3.03. The van der Waals surface area contributed by atoms with Gasteiger partial charge in [-0.2, -0.15) is 0 Å². The van der Waals surface area contributed by atoms with Crippen LogP contribution in [0.2, 0.25) is 0 Å². The molecule has 0 radical (unpaired) electrons. The van der Waals surface area contributed by atoms with Gasteiger partial charge in [0, 0.05) is 6.04 Å². The molecule has 1 saturated carbocycles. The summed E-state index contributed by atoms with van der Waals surface area (Å²) in [7, 11) is -3.86. The molecule has 1 aliphatic carbocycles. The molecule has 1 fully saturated rings. The molecule has 0 saturated heterocycles. The Morgan fingerprint density at radius 1 is 0.966 bits per heavy atom. The predicted molar refractivity (Wildman–Crippen MR) is 117 cm³/mol. The van der Waals surface area contributed by atoms with Gasteiger partial charge in [-0.1, -0.05) is 43.0 Å². The van der Waals surface area contributed by atoms with Crippen LogP contribution in [-0.2, 0) is 14.8 Å². The summed E-state index contributed by atoms with van der Waals surface area (Å²) in [6.07, 6.45) is 5.32. The molecule has 1 aliphatic rings. The second-order valence-corrected chi connectivity index (χ2v) is 9.86. The number of anilines is 1. The van der Waals surface area contributed by atoms with E-state index in [1.54, 1.807) is 30.3 Å². The molecule has 2 aromatic rings. The van der Waals surface area contributed by atoms with E-state index >= 15 is 0 Å². The van der Waals surface area contributed by atoms with Crippen molar-refractivity contribution in [3.05, 3.63) is 59.2 Å². The van der Waals surface area contributed by atoms with Gasteiger partial charge in [0.25, 0.3) is 10.0 Å². The minimum absolute atomic E-state index is 0.139. The molecule has 1 amide bonds. The molecule has 0 atom stereocenters. The lowest BCUT2D eigenvalue weighted by atomic mass is 9.95. The highest BCUT2D eigenvalue weighted by atomic mass is 32.2. The first-order valence-corrected chi connectivity index (χ1v) is 11.7. The summed E-state index contributed by atoms with van der Waals surface area (Å²) in [5.41, 5.74) is 3.55. The second-order valence-electron chi connectivity index (χ2n) is 8.00. The lowest BCUT2D eigenvalue weighted by Gasteiger charge is -2.27. The van der Waals surface area contributed by atoms with E-state index in [9.17, 15) is 13.2 Å². The number of carbonyl (C=O) groups is 1. The summed E-state index contributed by atoms with van der Waals surface area (Å²) in [5.74, 6) is -0.259. The molecular formula is C23H30N2O3S. The smallest absolute Gasteiger partial charge is 0.264 e. The Kier molecular flexibility index (Phi) is 6.63. The first kappa shape index (κ1) is 21.4. The number of nitrogens with one attached hydrogen (secondary N) is 1. The third-order valence-corrected chi connectivity index (χ3v) is 7.43. The van der Waals surface area contributed by atoms with Crippen molar-refractivity contribution in [3.63, 3.8) is 0 Å². The summed E-state index contributed by atoms with van der Waals surface area (Å²) in [6.45, 7) is 5.61. The van der Waals surface area contributed by atoms with E-state index in [0.29, 0.717) is 5.69 Å². The maximum Gasteiger partial charge on any atom is 0.264 e. The predicted octanol–water partition coefficient (Wildman–Crippen LogP) is 4.26. The van der Waals surface area contributed by atoms with Gasteiger partial charge < -0.3 is 5.32 Å². The summed E-state index contributed by atoms with van der Waals surface area (Å²) < 4.78 is 28.1. The average molecular weight is 415 g/mol. The molecule has 2 aromatic carbocycles. The minimum atomic E-state index is -3.86. The third-order valence-electron chi connectivity index (χ3n) is 5.64. The van der Waals surface area contributed by atoms with E-state index in [0.717, 1.165) is 42.4 Å². The Morgan fingerprint density at radius 2 is 1.62 bits per heavy atom. The van der Waals surface area contributed by atoms with Crippen molar-refractivity contribution in [2.75, 3.05) is 10.8 Å². The van der Waals surface area contributed by atoms with Gasteiger partial charge in [-0.25, -0.2) is 8.42 Å². The lowest BCUT2D eigenvalue weighted by Crippen LogP contribution is -2.45. The molecule has 1 N–H and O–H groups in total. The first-order chi connectivity index (χ1) is 13.8. The number of hydrogen-bond acceptors (Lipinski definition) is 3. The van der Waals surface area contributed by atoms with Crippen molar-refractivity contribution in [1.82, 2.24) is 5.32 Å². The van der Waals surface area contributed by atoms with Crippen molar-refractivity contribution in [1.29, 1.82) is 0 Å². The zero-order valence-corrected chi connectivity index (χ0v) is 18.3. The fraction of sp³-hybridized carbons (Fsp3) is 0.435. The Labute approximate surface area is 174 Å². The van der Waals surface area contributed by atoms with Crippen molar-refractivity contribution >= 4 is 21.6 Å². The maximum atomic E-state index is 13.4. The van der Waals surface area contributed by atoms with Crippen LogP contribution in [0.25, 0.3) is 0 Å². The molecule has 3 rings (SSSR count). The van der Waals surface area contributed by atoms with Gasteiger partial charge in [0.2, 0.25) is 5.91 Å². The number of benzene rings is 2. The summed E-state index contributed by atoms with van der Waals surface area (Å²) in [6, 6.07) is 12.4. The number of nitrogens with zero attached hydrogens (tertiary/aromatic N) is 1. The van der Waals surface area contributed by atoms with Crippen molar-refractivity contribution in [3.8, 4) is 0 Å². The number of hydrogen-bond donors (Lipinski definition) is 1. The Hall–Kier alpha value is -2.34. The second kappa shape index (κ2) is 8.99. The van der Waals surface area contributed by atoms with Crippen LogP contribution in [0.5, 0.6) is 0 Å². The topological polar surface area (TPSA) is 66.5 Å². The zero-order chi connectivity index (χ0) is 21.0. The minimum Gasteiger partial charge on any atom is -0.352 e. The highest BCUT2D eigenvalue weighted by molar-refractivity contribution is 7.92. The van der Waals surface area contributed by atoms with Gasteiger partial charge in [-0.15, -0.1) is 0 Å². The molecule has 0 aromatic heterocycles. The SMILES string of the molecule is Cc1ccc(S(=O)(=O)N(CC(=O)NC2CCCCC2)c2ccc(C)c(C)c2)cc1. The average Bonchev–Trinajstić information content (AvgIpc) is 2.69. The third kappa shape index (κ3) is 5.18. The van der Waals surface area contributed by atoms with Gasteiger partial charge in [0.05, 0.1) is 10.6 Å². The molecule has 156 valence electrons. The van der Waals surface area contributed by atoms with E-state index < -0.39 is 10.0 Å². The van der Waals surface area contributed by atoms with Crippen LogP contribution in [0.4, 0.5) is 5.69 Å². The van der Waals surface area contributed by atoms with E-state index in [-0.39, 0.29) is 23.4 Å².